The van der Waals surface area contributed by atoms with Crippen LogP contribution in [0, 0.1) is 20.8 Å². The van der Waals surface area contributed by atoms with Gasteiger partial charge in [-0.2, -0.15) is 9.97 Å². The Bertz CT molecular complexity index is 1090. The molecule has 0 aliphatic carbocycles. The van der Waals surface area contributed by atoms with Gasteiger partial charge in [0.05, 0.1) is 5.52 Å². The lowest BCUT2D eigenvalue weighted by Crippen LogP contribution is -2.35. The number of nitrogens with zero attached hydrogens (tertiary/aromatic N) is 4. The van der Waals surface area contributed by atoms with Crippen LogP contribution in [0.25, 0.3) is 10.9 Å². The van der Waals surface area contributed by atoms with Crippen LogP contribution in [0.3, 0.4) is 0 Å². The van der Waals surface area contributed by atoms with Gasteiger partial charge in [-0.15, -0.1) is 0 Å². The molecule has 0 fully saturated rings. The molecule has 9 nitrogen and oxygen atoms in total. The molecule has 2 N–H and O–H groups in total. The number of pyridine rings is 1. The van der Waals surface area contributed by atoms with Crippen LogP contribution in [0.5, 0.6) is 0 Å². The number of sulfonamides is 1. The predicted molar refractivity (Wildman–Crippen MR) is 95.1 cm³/mol. The van der Waals surface area contributed by atoms with E-state index in [1.165, 1.54) is 6.07 Å². The Hall–Kier alpha value is -3.14. The molecular weight excluding hydrogens is 356 g/mol. The van der Waals surface area contributed by atoms with Crippen LogP contribution >= 0.6 is 0 Å². The number of para-hydroxylation sites is 1. The topological polar surface area (TPSA) is 127 Å². The van der Waals surface area contributed by atoms with E-state index in [9.17, 15) is 13.2 Å². The van der Waals surface area contributed by atoms with Crippen LogP contribution in [-0.4, -0.2) is 34.4 Å². The smallest absolute Gasteiger partial charge is 0.275 e. The van der Waals surface area contributed by atoms with Crippen molar-refractivity contribution < 1.29 is 13.2 Å². The van der Waals surface area contributed by atoms with Crippen LogP contribution in [0.4, 0.5) is 10.7 Å². The second-order valence-electron chi connectivity index (χ2n) is 5.59. The Balaban J connectivity index is 1.89. The van der Waals surface area contributed by atoms with Crippen molar-refractivity contribution in [1.29, 1.82) is 0 Å². The zero-order valence-electron chi connectivity index (χ0n) is 14.3. The molecule has 1 aromatic carbocycles. The summed E-state index contributed by atoms with van der Waals surface area (Å²) in [5.74, 6) is 0.781. The second-order valence-corrected chi connectivity index (χ2v) is 7.24. The van der Waals surface area contributed by atoms with Crippen LogP contribution in [0.2, 0.25) is 0 Å². The average Bonchev–Trinajstić information content (AvgIpc) is 2.52. The van der Waals surface area contributed by atoms with Crippen molar-refractivity contribution in [1.82, 2.24) is 24.7 Å². The van der Waals surface area contributed by atoms with Gasteiger partial charge in [-0.3, -0.25) is 10.3 Å². The number of aryl methyl sites for hydroxylation is 3. The summed E-state index contributed by atoms with van der Waals surface area (Å²) in [6.45, 7) is 5.03. The van der Waals surface area contributed by atoms with E-state index in [4.69, 9.17) is 0 Å². The number of urea groups is 1. The lowest BCUT2D eigenvalue weighted by atomic mass is 10.2. The molecule has 134 valence electrons. The number of aromatic nitrogens is 4. The minimum Gasteiger partial charge on any atom is -0.275 e. The Morgan fingerprint density at radius 3 is 2.31 bits per heavy atom. The zero-order chi connectivity index (χ0) is 18.9. The van der Waals surface area contributed by atoms with Crippen molar-refractivity contribution in [2.45, 2.75) is 25.7 Å². The Labute approximate surface area is 150 Å². The van der Waals surface area contributed by atoms with Crippen LogP contribution in [-0.2, 0) is 10.0 Å². The van der Waals surface area contributed by atoms with E-state index in [2.05, 4.69) is 25.3 Å². The first-order valence-electron chi connectivity index (χ1n) is 7.64. The van der Waals surface area contributed by atoms with E-state index in [0.29, 0.717) is 28.2 Å². The minimum absolute atomic E-state index is 0.0328. The van der Waals surface area contributed by atoms with Gasteiger partial charge in [0, 0.05) is 11.1 Å². The number of fused-ring (bicyclic) bond motifs is 1. The maximum atomic E-state index is 12.6. The molecule has 0 atom stereocenters. The molecule has 0 radical (unpaired) electrons. The molecule has 2 aromatic heterocycles. The van der Waals surface area contributed by atoms with Crippen LogP contribution in [0.15, 0.2) is 35.2 Å². The Morgan fingerprint density at radius 1 is 0.923 bits per heavy atom. The van der Waals surface area contributed by atoms with E-state index < -0.39 is 16.1 Å². The van der Waals surface area contributed by atoms with E-state index >= 15 is 0 Å². The molecule has 0 unspecified atom stereocenters. The SMILES string of the molecule is Cc1ccc2cccc(S(=O)(=O)NC(=O)Nc3nc(C)nc(C)n3)c2n1. The highest BCUT2D eigenvalue weighted by atomic mass is 32.2. The number of nitrogens with one attached hydrogen (secondary N) is 2. The third-order valence-electron chi connectivity index (χ3n) is 3.42. The molecular formula is C16H16N6O3S. The zero-order valence-corrected chi connectivity index (χ0v) is 15.1. The van der Waals surface area contributed by atoms with E-state index in [-0.39, 0.29) is 10.8 Å². The fourth-order valence-corrected chi connectivity index (χ4v) is 3.49. The molecule has 0 saturated carbocycles. The number of hydrogen-bond donors (Lipinski definition) is 2. The maximum absolute atomic E-state index is 12.6. The van der Waals surface area contributed by atoms with Gasteiger partial charge in [-0.25, -0.2) is 22.9 Å². The first-order valence-corrected chi connectivity index (χ1v) is 9.12. The second kappa shape index (κ2) is 6.64. The molecule has 0 saturated heterocycles. The Kier molecular flexibility index (Phi) is 4.51. The van der Waals surface area contributed by atoms with Gasteiger partial charge in [-0.05, 0) is 32.9 Å². The first kappa shape index (κ1) is 17.7. The van der Waals surface area contributed by atoms with Crippen LogP contribution in [0.1, 0.15) is 17.3 Å². The third kappa shape index (κ3) is 3.75. The van der Waals surface area contributed by atoms with Crippen LogP contribution < -0.4 is 10.0 Å². The summed E-state index contributed by atoms with van der Waals surface area (Å²) in [4.78, 5) is 28.2. The van der Waals surface area contributed by atoms with E-state index in [0.717, 1.165) is 0 Å². The number of carbonyl (C=O) groups is 1. The quantitative estimate of drug-likeness (QED) is 0.718. The maximum Gasteiger partial charge on any atom is 0.335 e. The monoisotopic (exact) mass is 372 g/mol. The molecule has 3 aromatic rings. The summed E-state index contributed by atoms with van der Waals surface area (Å²) in [6.07, 6.45) is 0. The van der Waals surface area contributed by atoms with E-state index in [1.807, 2.05) is 4.72 Å². The van der Waals surface area contributed by atoms with Crippen molar-refractivity contribution >= 4 is 32.9 Å². The first-order chi connectivity index (χ1) is 12.2. The lowest BCUT2D eigenvalue weighted by molar-refractivity contribution is 0.256. The lowest BCUT2D eigenvalue weighted by Gasteiger charge is -2.10. The normalized spacial score (nSPS) is 11.3. The summed E-state index contributed by atoms with van der Waals surface area (Å²) in [6, 6.07) is 7.31. The number of anilines is 1. The number of amides is 2. The fourth-order valence-electron chi connectivity index (χ4n) is 2.41. The van der Waals surface area contributed by atoms with Gasteiger partial charge in [0.15, 0.2) is 0 Å². The van der Waals surface area contributed by atoms with Crippen molar-refractivity contribution in [2.75, 3.05) is 5.32 Å². The van der Waals surface area contributed by atoms with Crippen molar-refractivity contribution in [2.24, 2.45) is 0 Å². The third-order valence-corrected chi connectivity index (χ3v) is 4.79. The summed E-state index contributed by atoms with van der Waals surface area (Å²) >= 11 is 0. The number of benzene rings is 1. The Morgan fingerprint density at radius 2 is 1.62 bits per heavy atom. The van der Waals surface area contributed by atoms with Gasteiger partial charge in [0.2, 0.25) is 5.95 Å². The van der Waals surface area contributed by atoms with Gasteiger partial charge >= 0.3 is 6.03 Å². The highest BCUT2D eigenvalue weighted by Gasteiger charge is 2.21. The van der Waals surface area contributed by atoms with Crippen molar-refractivity contribution in [3.05, 3.63) is 47.7 Å². The molecule has 0 bridgehead atoms. The molecule has 3 rings (SSSR count). The summed E-state index contributed by atoms with van der Waals surface area (Å²) in [5, 5.41) is 2.95. The predicted octanol–water partition coefficient (Wildman–Crippen LogP) is 1.86. The highest BCUT2D eigenvalue weighted by molar-refractivity contribution is 7.90. The highest BCUT2D eigenvalue weighted by Crippen LogP contribution is 2.21. The summed E-state index contributed by atoms with van der Waals surface area (Å²) in [7, 11) is -4.14. The molecule has 2 amide bonds. The average molecular weight is 372 g/mol. The number of hydrogen-bond acceptors (Lipinski definition) is 7. The molecule has 2 heterocycles. The van der Waals surface area contributed by atoms with Crippen molar-refractivity contribution in [3.8, 4) is 0 Å². The van der Waals surface area contributed by atoms with Gasteiger partial charge < -0.3 is 0 Å². The summed E-state index contributed by atoms with van der Waals surface area (Å²) < 4.78 is 27.2. The van der Waals surface area contributed by atoms with Gasteiger partial charge in [0.25, 0.3) is 10.0 Å². The molecule has 0 aliphatic rings. The van der Waals surface area contributed by atoms with Gasteiger partial charge in [0.1, 0.15) is 16.5 Å². The van der Waals surface area contributed by atoms with Gasteiger partial charge in [-0.1, -0.05) is 18.2 Å². The molecule has 0 spiro atoms. The fraction of sp³-hybridized carbons (Fsp3) is 0.188. The van der Waals surface area contributed by atoms with Crippen molar-refractivity contribution in [3.63, 3.8) is 0 Å². The van der Waals surface area contributed by atoms with E-state index in [1.54, 1.807) is 45.0 Å². The number of carbonyl (C=O) groups excluding carboxylic acids is 1. The summed E-state index contributed by atoms with van der Waals surface area (Å²) in [5.41, 5.74) is 0.959. The molecule has 0 aliphatic heterocycles. The minimum atomic E-state index is -4.14. The molecule has 26 heavy (non-hydrogen) atoms. The number of rotatable bonds is 3. The largest absolute Gasteiger partial charge is 0.335 e. The molecule has 10 heteroatoms. The standard InChI is InChI=1S/C16H16N6O3S/c1-9-7-8-12-5-4-6-13(14(12)17-9)26(24,25)22-16(23)21-15-19-10(2)18-11(3)20-15/h4-8H,1-3H3,(H2,18,19,20,21,22,23).